The second kappa shape index (κ2) is 10.9. The van der Waals surface area contributed by atoms with E-state index in [0.717, 1.165) is 21.5 Å². The maximum Gasteiger partial charge on any atom is 0.340 e. The van der Waals surface area contributed by atoms with Gasteiger partial charge in [-0.1, -0.05) is 30.3 Å². The predicted molar refractivity (Wildman–Crippen MR) is 154 cm³/mol. The number of fused-ring (bicyclic) bond motifs is 3. The van der Waals surface area contributed by atoms with Crippen LogP contribution in [0.3, 0.4) is 0 Å². The average Bonchev–Trinajstić information content (AvgIpc) is 3.45. The molecule has 0 spiro atoms. The summed E-state index contributed by atoms with van der Waals surface area (Å²) in [6.45, 7) is -0.727. The molecule has 1 aliphatic heterocycles. The minimum Gasteiger partial charge on any atom is -0.387 e. The van der Waals surface area contributed by atoms with Crippen molar-refractivity contribution in [3.05, 3.63) is 66.2 Å². The lowest BCUT2D eigenvalue weighted by atomic mass is 10.0. The first-order valence-corrected chi connectivity index (χ1v) is 16.4. The fourth-order valence-electron chi connectivity index (χ4n) is 4.88. The van der Waals surface area contributed by atoms with Crippen molar-refractivity contribution in [2.45, 2.75) is 24.5 Å². The van der Waals surface area contributed by atoms with Gasteiger partial charge in [-0.3, -0.25) is 13.7 Å². The minimum absolute atomic E-state index is 0.134. The van der Waals surface area contributed by atoms with Crippen LogP contribution >= 0.6 is 26.8 Å². The number of nitrogens with zero attached hydrogens (tertiary/aromatic N) is 4. The molecule has 17 heteroatoms. The van der Waals surface area contributed by atoms with Crippen molar-refractivity contribution in [1.29, 1.82) is 0 Å². The fourth-order valence-corrected chi connectivity index (χ4v) is 7.61. The largest absolute Gasteiger partial charge is 0.387 e. The molecular formula is C25H24ClN5O9P2. The van der Waals surface area contributed by atoms with Gasteiger partial charge in [-0.25, -0.2) is 4.98 Å². The lowest BCUT2D eigenvalue weighted by Crippen LogP contribution is -2.33. The molecule has 42 heavy (non-hydrogen) atoms. The molecular weight excluding hydrogens is 612 g/mol. The van der Waals surface area contributed by atoms with E-state index in [-0.39, 0.29) is 22.3 Å². The molecule has 1 fully saturated rings. The average molecular weight is 636 g/mol. The molecule has 3 heterocycles. The Morgan fingerprint density at radius 2 is 1.64 bits per heavy atom. The highest BCUT2D eigenvalue weighted by Crippen LogP contribution is 2.55. The smallest absolute Gasteiger partial charge is 0.340 e. The van der Waals surface area contributed by atoms with E-state index in [0.29, 0.717) is 5.69 Å². The van der Waals surface area contributed by atoms with Crippen LogP contribution < -0.4 is 5.32 Å². The van der Waals surface area contributed by atoms with Crippen LogP contribution in [0.2, 0.25) is 5.28 Å². The van der Waals surface area contributed by atoms with Crippen molar-refractivity contribution in [2.24, 2.45) is 0 Å². The number of benzene rings is 3. The highest BCUT2D eigenvalue weighted by molar-refractivity contribution is 7.70. The predicted octanol–water partition coefficient (Wildman–Crippen LogP) is 3.49. The normalized spacial score (nSPS) is 22.6. The van der Waals surface area contributed by atoms with Gasteiger partial charge in [-0.15, -0.1) is 0 Å². The van der Waals surface area contributed by atoms with E-state index >= 15 is 0 Å². The van der Waals surface area contributed by atoms with Gasteiger partial charge < -0.3 is 39.5 Å². The summed E-state index contributed by atoms with van der Waals surface area (Å²) in [6, 6.07) is 18.0. The summed E-state index contributed by atoms with van der Waals surface area (Å²) in [5.74, 6) is -1.13. The van der Waals surface area contributed by atoms with Crippen LogP contribution in [0, 0.1) is 0 Å². The molecule has 14 nitrogen and oxygen atoms in total. The van der Waals surface area contributed by atoms with Gasteiger partial charge >= 0.3 is 15.2 Å². The molecule has 0 radical (unpaired) electrons. The molecule has 0 saturated carbocycles. The van der Waals surface area contributed by atoms with Crippen LogP contribution in [0.5, 0.6) is 0 Å². The fraction of sp³-hybridized carbons (Fsp3) is 0.240. The number of aliphatic hydroxyl groups is 2. The number of hydrogen-bond donors (Lipinski definition) is 6. The molecule has 0 amide bonds. The van der Waals surface area contributed by atoms with Gasteiger partial charge in [-0.2, -0.15) is 9.97 Å². The number of halogens is 1. The number of hydrogen-bond acceptors (Lipinski definition) is 10. The Kier molecular flexibility index (Phi) is 7.57. The molecule has 0 bridgehead atoms. The second-order valence-electron chi connectivity index (χ2n) is 9.84. The van der Waals surface area contributed by atoms with E-state index in [2.05, 4.69) is 32.4 Å². The first kappa shape index (κ1) is 29.1. The highest BCUT2D eigenvalue weighted by atomic mass is 35.5. The van der Waals surface area contributed by atoms with Gasteiger partial charge in [0.15, 0.2) is 29.1 Å². The molecule has 1 aliphatic rings. The number of nitrogens with one attached hydrogen (secondary N) is 1. The van der Waals surface area contributed by atoms with Crippen molar-refractivity contribution in [1.82, 2.24) is 19.5 Å². The summed E-state index contributed by atoms with van der Waals surface area (Å²) in [4.78, 5) is 40.5. The van der Waals surface area contributed by atoms with Gasteiger partial charge in [0.1, 0.15) is 18.3 Å². The Morgan fingerprint density at radius 3 is 2.36 bits per heavy atom. The molecule has 1 saturated heterocycles. The molecule has 6 N–H and O–H groups in total. The summed E-state index contributed by atoms with van der Waals surface area (Å²) in [5.41, 5.74) is 1.15. The Balaban J connectivity index is 1.26. The number of imidazole rings is 1. The molecule has 2 aromatic heterocycles. The molecule has 0 aliphatic carbocycles. The topological polar surface area (TPSA) is 209 Å². The van der Waals surface area contributed by atoms with E-state index in [9.17, 15) is 24.2 Å². The second-order valence-corrected chi connectivity index (χ2v) is 14.2. The van der Waals surface area contributed by atoms with Gasteiger partial charge in [0.05, 0.1) is 12.9 Å². The Labute approximate surface area is 242 Å². The standard InChI is InChI=1S/C25H24ClN5O9P2/c26-25-29-22(28-17-6-5-15-7-13-3-1-2-4-14(13)8-16(15)9-17)19-23(30-25)31(11-27-19)24-21(33)20(32)18(40-24)10-39-42(37,38)12-41(34,35)36/h1-9,11,18,20-21,24,32-33H,10,12H2,(H,37,38)(H,28,29,30)(H2,34,35,36)/t18-,20+,21+,24-/m1/s1. The third-order valence-electron chi connectivity index (χ3n) is 6.78. The molecule has 6 rings (SSSR count). The zero-order valence-corrected chi connectivity index (χ0v) is 24.0. The van der Waals surface area contributed by atoms with Crippen molar-refractivity contribution in [2.75, 3.05) is 17.8 Å². The zero-order valence-electron chi connectivity index (χ0n) is 21.4. The maximum absolute atomic E-state index is 12.0. The Morgan fingerprint density at radius 1 is 0.952 bits per heavy atom. The maximum atomic E-state index is 12.0. The summed E-state index contributed by atoms with van der Waals surface area (Å²) in [6.07, 6.45) is -4.39. The van der Waals surface area contributed by atoms with E-state index in [1.165, 1.54) is 10.9 Å². The first-order chi connectivity index (χ1) is 19.9. The van der Waals surface area contributed by atoms with E-state index in [4.69, 9.17) is 30.6 Å². The van der Waals surface area contributed by atoms with E-state index in [1.54, 1.807) is 0 Å². The molecule has 220 valence electrons. The monoisotopic (exact) mass is 635 g/mol. The van der Waals surface area contributed by atoms with Crippen LogP contribution in [-0.2, 0) is 18.4 Å². The quantitative estimate of drug-likeness (QED) is 0.0820. The van der Waals surface area contributed by atoms with Crippen LogP contribution in [0.25, 0.3) is 32.7 Å². The number of ether oxygens (including phenoxy) is 1. The van der Waals surface area contributed by atoms with Gasteiger partial charge in [0.2, 0.25) is 5.28 Å². The van der Waals surface area contributed by atoms with Crippen molar-refractivity contribution < 1.29 is 43.3 Å². The highest BCUT2D eigenvalue weighted by Gasteiger charge is 2.45. The first-order valence-electron chi connectivity index (χ1n) is 12.5. The number of anilines is 2. The van der Waals surface area contributed by atoms with Crippen molar-refractivity contribution >= 4 is 71.0 Å². The molecule has 1 unspecified atom stereocenters. The summed E-state index contributed by atoms with van der Waals surface area (Å²) in [5, 5.41) is 28.5. The number of aliphatic hydroxyl groups excluding tert-OH is 2. The number of aromatic nitrogens is 4. The van der Waals surface area contributed by atoms with E-state index in [1.807, 2.05) is 42.5 Å². The Hall–Kier alpha value is -3.00. The van der Waals surface area contributed by atoms with Crippen LogP contribution in [0.4, 0.5) is 11.5 Å². The minimum atomic E-state index is -4.85. The Bertz CT molecular complexity index is 1920. The van der Waals surface area contributed by atoms with E-state index < -0.39 is 52.2 Å². The van der Waals surface area contributed by atoms with Gasteiger partial charge in [-0.05, 0) is 57.4 Å². The van der Waals surface area contributed by atoms with Crippen LogP contribution in [-0.4, -0.2) is 75.2 Å². The van der Waals surface area contributed by atoms with Crippen molar-refractivity contribution in [3.63, 3.8) is 0 Å². The lowest BCUT2D eigenvalue weighted by Gasteiger charge is -2.18. The summed E-state index contributed by atoms with van der Waals surface area (Å²) < 4.78 is 34.9. The SMILES string of the molecule is O=P(O)(O)CP(=O)(O)OC[C@H]1O[C@@H](n2cnc3c(Nc4ccc5cc6ccccc6cc5c4)nc(Cl)nc32)[C@@H](O)[C@H]1O. The van der Waals surface area contributed by atoms with Gasteiger partial charge in [0, 0.05) is 5.69 Å². The number of rotatable bonds is 8. The van der Waals surface area contributed by atoms with Gasteiger partial charge in [0.25, 0.3) is 0 Å². The third kappa shape index (κ3) is 5.92. The van der Waals surface area contributed by atoms with Crippen LogP contribution in [0.1, 0.15) is 6.23 Å². The zero-order chi connectivity index (χ0) is 29.8. The summed E-state index contributed by atoms with van der Waals surface area (Å²) >= 11 is 6.23. The molecule has 3 aromatic carbocycles. The molecule has 5 aromatic rings. The van der Waals surface area contributed by atoms with Crippen LogP contribution in [0.15, 0.2) is 60.9 Å². The molecule has 5 atom stereocenters. The summed E-state index contributed by atoms with van der Waals surface area (Å²) in [7, 11) is -9.56. The third-order valence-corrected chi connectivity index (χ3v) is 10.4. The lowest BCUT2D eigenvalue weighted by molar-refractivity contribution is -0.0483. The van der Waals surface area contributed by atoms with Crippen molar-refractivity contribution in [3.8, 4) is 0 Å².